The summed E-state index contributed by atoms with van der Waals surface area (Å²) in [5.41, 5.74) is 0. The molecule has 0 atom stereocenters. The van der Waals surface area contributed by atoms with Crippen LogP contribution < -0.4 is 34.6 Å². The molecule has 0 heterocycles. The molecule has 0 saturated carbocycles. The first-order valence-corrected chi connectivity index (χ1v) is 8.47. The number of halogens is 1. The predicted octanol–water partition coefficient (Wildman–Crippen LogP) is 0.699. The first-order chi connectivity index (χ1) is 8.33. The molecule has 0 spiro atoms. The molecule has 0 bridgehead atoms. The number of hydrogen-bond acceptors (Lipinski definition) is 0. The van der Waals surface area contributed by atoms with Crippen molar-refractivity contribution in [2.45, 2.75) is 13.8 Å². The first kappa shape index (κ1) is 15.7. The Balaban J connectivity index is 0.00000162. The van der Waals surface area contributed by atoms with Crippen LogP contribution in [0.4, 0.5) is 0 Å². The minimum atomic E-state index is -1.16. The smallest absolute Gasteiger partial charge is 0.0991 e. The molecule has 0 nitrogen and oxygen atoms in total. The lowest BCUT2D eigenvalue weighted by Gasteiger charge is -2.24. The van der Waals surface area contributed by atoms with Gasteiger partial charge in [0.1, 0.15) is 0 Å². The number of hydrogen-bond donors (Lipinski definition) is 0. The zero-order chi connectivity index (χ0) is 12.1. The van der Waals surface area contributed by atoms with Gasteiger partial charge in [-0.1, -0.05) is 36.4 Å². The van der Waals surface area contributed by atoms with Crippen LogP contribution in [0.2, 0.25) is 0 Å². The van der Waals surface area contributed by atoms with E-state index in [1.54, 1.807) is 0 Å². The maximum absolute atomic E-state index is 2.33. The molecule has 18 heavy (non-hydrogen) atoms. The van der Waals surface area contributed by atoms with Crippen LogP contribution in [0.25, 0.3) is 0 Å². The van der Waals surface area contributed by atoms with Gasteiger partial charge in [0.2, 0.25) is 0 Å². The second kappa shape index (κ2) is 7.25. The fraction of sp³-hybridized carbons (Fsp3) is 0.250. The van der Waals surface area contributed by atoms with Crippen molar-refractivity contribution in [2.24, 2.45) is 0 Å². The molecule has 0 N–H and O–H groups in total. The topological polar surface area (TPSA) is 0 Å². The summed E-state index contributed by atoms with van der Waals surface area (Å²) >= 11 is 0. The van der Waals surface area contributed by atoms with Crippen LogP contribution >= 0.6 is 7.26 Å². The fourth-order valence-electron chi connectivity index (χ4n) is 2.53. The van der Waals surface area contributed by atoms with E-state index in [1.807, 2.05) is 0 Å². The zero-order valence-corrected chi connectivity index (χ0v) is 14.1. The van der Waals surface area contributed by atoms with E-state index >= 15 is 0 Å². The molecule has 0 aromatic heterocycles. The molecule has 0 aliphatic rings. The highest BCUT2D eigenvalue weighted by Crippen LogP contribution is 2.55. The van der Waals surface area contributed by atoms with Crippen molar-refractivity contribution in [2.75, 3.05) is 12.3 Å². The Hall–Kier alpha value is -0.400. The zero-order valence-electron chi connectivity index (χ0n) is 11.0. The molecule has 0 aliphatic heterocycles. The van der Waals surface area contributed by atoms with Gasteiger partial charge < -0.3 is 24.0 Å². The SMILES string of the molecule is CC[P+](CC)(c1ccccc1)c1ccccc1.[I-]. The number of rotatable bonds is 4. The maximum atomic E-state index is 2.33. The third kappa shape index (κ3) is 2.95. The predicted molar refractivity (Wildman–Crippen MR) is 80.2 cm³/mol. The van der Waals surface area contributed by atoms with Gasteiger partial charge in [-0.05, 0) is 38.1 Å². The van der Waals surface area contributed by atoms with Gasteiger partial charge in [-0.2, -0.15) is 0 Å². The standard InChI is InChI=1S/C16H20P.HI/c1-3-17(4-2,15-11-7-5-8-12-15)16-13-9-6-10-14-16;/h5-14H,3-4H2,1-2H3;1H/q+1;/p-1. The van der Waals surface area contributed by atoms with Gasteiger partial charge >= 0.3 is 0 Å². The molecule has 0 amide bonds. The van der Waals surface area contributed by atoms with Crippen LogP contribution in [-0.4, -0.2) is 12.3 Å². The molecule has 0 radical (unpaired) electrons. The summed E-state index contributed by atoms with van der Waals surface area (Å²) in [5.74, 6) is 0. The Labute approximate surface area is 128 Å². The van der Waals surface area contributed by atoms with Crippen LogP contribution in [0.3, 0.4) is 0 Å². The van der Waals surface area contributed by atoms with E-state index in [2.05, 4.69) is 74.5 Å². The Kier molecular flexibility index (Phi) is 6.31. The highest BCUT2D eigenvalue weighted by atomic mass is 127. The highest BCUT2D eigenvalue weighted by Gasteiger charge is 2.38. The average molecular weight is 370 g/mol. The lowest BCUT2D eigenvalue weighted by molar-refractivity contribution is -0.00000346. The summed E-state index contributed by atoms with van der Waals surface area (Å²) in [7, 11) is -1.16. The van der Waals surface area contributed by atoms with Crippen molar-refractivity contribution >= 4 is 17.9 Å². The van der Waals surface area contributed by atoms with Crippen LogP contribution in [0.15, 0.2) is 60.7 Å². The lowest BCUT2D eigenvalue weighted by atomic mass is 10.4. The van der Waals surface area contributed by atoms with Crippen LogP contribution in [0.1, 0.15) is 13.8 Å². The molecule has 2 rings (SSSR count). The second-order valence-corrected chi connectivity index (χ2v) is 8.50. The summed E-state index contributed by atoms with van der Waals surface area (Å²) in [6, 6.07) is 22.1. The largest absolute Gasteiger partial charge is 1.00 e. The van der Waals surface area contributed by atoms with Gasteiger partial charge in [-0.3, -0.25) is 0 Å². The minimum absolute atomic E-state index is 0. The van der Waals surface area contributed by atoms with Crippen molar-refractivity contribution in [3.63, 3.8) is 0 Å². The average Bonchev–Trinajstić information content (AvgIpc) is 2.43. The Morgan fingerprint density at radius 1 is 0.667 bits per heavy atom. The highest BCUT2D eigenvalue weighted by molar-refractivity contribution is 7.89. The van der Waals surface area contributed by atoms with E-state index in [4.69, 9.17) is 0 Å². The van der Waals surface area contributed by atoms with Gasteiger partial charge in [0, 0.05) is 0 Å². The minimum Gasteiger partial charge on any atom is -1.00 e. The van der Waals surface area contributed by atoms with Crippen molar-refractivity contribution in [1.82, 2.24) is 0 Å². The molecule has 0 fully saturated rings. The lowest BCUT2D eigenvalue weighted by Crippen LogP contribution is -3.00. The van der Waals surface area contributed by atoms with E-state index in [1.165, 1.54) is 22.9 Å². The summed E-state index contributed by atoms with van der Waals surface area (Å²) in [4.78, 5) is 0. The van der Waals surface area contributed by atoms with Crippen molar-refractivity contribution in [1.29, 1.82) is 0 Å². The fourth-order valence-corrected chi connectivity index (χ4v) is 6.22. The molecular formula is C16H20IP. The molecule has 2 aromatic rings. The van der Waals surface area contributed by atoms with E-state index in [0.717, 1.165) is 0 Å². The third-order valence-electron chi connectivity index (χ3n) is 3.58. The van der Waals surface area contributed by atoms with Crippen LogP contribution in [0, 0.1) is 0 Å². The molecule has 96 valence electrons. The Bertz CT molecular complexity index is 408. The molecule has 2 heteroatoms. The van der Waals surface area contributed by atoms with E-state index in [0.29, 0.717) is 0 Å². The maximum Gasteiger partial charge on any atom is 0.0991 e. The van der Waals surface area contributed by atoms with E-state index < -0.39 is 7.26 Å². The van der Waals surface area contributed by atoms with Gasteiger partial charge in [-0.15, -0.1) is 0 Å². The Morgan fingerprint density at radius 3 is 1.28 bits per heavy atom. The number of benzene rings is 2. The van der Waals surface area contributed by atoms with Gasteiger partial charge in [0.25, 0.3) is 0 Å². The summed E-state index contributed by atoms with van der Waals surface area (Å²) in [6.45, 7) is 4.66. The van der Waals surface area contributed by atoms with Gasteiger partial charge in [0.15, 0.2) is 0 Å². The molecule has 0 aliphatic carbocycles. The molecular weight excluding hydrogens is 350 g/mol. The van der Waals surface area contributed by atoms with Crippen molar-refractivity contribution < 1.29 is 24.0 Å². The summed E-state index contributed by atoms with van der Waals surface area (Å²) in [6.07, 6.45) is 2.50. The normalized spacial score (nSPS) is 10.8. The van der Waals surface area contributed by atoms with Crippen molar-refractivity contribution in [3.8, 4) is 0 Å². The third-order valence-corrected chi connectivity index (χ3v) is 8.31. The van der Waals surface area contributed by atoms with E-state index in [-0.39, 0.29) is 24.0 Å². The summed E-state index contributed by atoms with van der Waals surface area (Å²) < 4.78 is 0. The second-order valence-electron chi connectivity index (χ2n) is 4.27. The van der Waals surface area contributed by atoms with E-state index in [9.17, 15) is 0 Å². The monoisotopic (exact) mass is 370 g/mol. The van der Waals surface area contributed by atoms with Gasteiger partial charge in [0.05, 0.1) is 30.2 Å². The van der Waals surface area contributed by atoms with Gasteiger partial charge in [-0.25, -0.2) is 0 Å². The van der Waals surface area contributed by atoms with Crippen molar-refractivity contribution in [3.05, 3.63) is 60.7 Å². The summed E-state index contributed by atoms with van der Waals surface area (Å²) in [5, 5.41) is 3.08. The Morgan fingerprint density at radius 2 is 1.00 bits per heavy atom. The molecule has 0 unspecified atom stereocenters. The van der Waals surface area contributed by atoms with Crippen LogP contribution in [0.5, 0.6) is 0 Å². The molecule has 2 aromatic carbocycles. The molecule has 0 saturated heterocycles. The quantitative estimate of drug-likeness (QED) is 0.549. The first-order valence-electron chi connectivity index (χ1n) is 6.32. The van der Waals surface area contributed by atoms with Crippen LogP contribution in [-0.2, 0) is 0 Å².